The number of hydrogen-bond acceptors (Lipinski definition) is 3. The molecule has 0 unspecified atom stereocenters. The van der Waals surface area contributed by atoms with Gasteiger partial charge in [-0.2, -0.15) is 5.10 Å². The van der Waals surface area contributed by atoms with E-state index in [2.05, 4.69) is 45.6 Å². The molecule has 2 aliphatic rings. The summed E-state index contributed by atoms with van der Waals surface area (Å²) in [5.41, 5.74) is 2.14. The highest BCUT2D eigenvalue weighted by Gasteiger charge is 2.29. The molecule has 4 rings (SSSR count). The van der Waals surface area contributed by atoms with Crippen LogP contribution in [0.25, 0.3) is 0 Å². The van der Waals surface area contributed by atoms with Crippen LogP contribution in [-0.2, 0) is 7.05 Å². The lowest BCUT2D eigenvalue weighted by Gasteiger charge is -2.38. The Morgan fingerprint density at radius 2 is 1.79 bits per heavy atom. The molecule has 1 saturated heterocycles. The number of carbonyl (C=O) groups is 1. The van der Waals surface area contributed by atoms with Gasteiger partial charge in [0, 0.05) is 38.9 Å². The Morgan fingerprint density at radius 1 is 1.07 bits per heavy atom. The lowest BCUT2D eigenvalue weighted by Crippen LogP contribution is -2.46. The molecule has 156 valence electrons. The van der Waals surface area contributed by atoms with E-state index in [4.69, 9.17) is 0 Å². The minimum atomic E-state index is -0.00665. The van der Waals surface area contributed by atoms with Gasteiger partial charge in [0.05, 0.1) is 0 Å². The van der Waals surface area contributed by atoms with Gasteiger partial charge < -0.3 is 10.2 Å². The predicted molar refractivity (Wildman–Crippen MR) is 116 cm³/mol. The molecule has 2 heterocycles. The summed E-state index contributed by atoms with van der Waals surface area (Å²) < 4.78 is 1.64. The van der Waals surface area contributed by atoms with E-state index in [1.54, 1.807) is 16.9 Å². The van der Waals surface area contributed by atoms with Crippen LogP contribution in [0.3, 0.4) is 0 Å². The summed E-state index contributed by atoms with van der Waals surface area (Å²) in [7, 11) is 1.81. The van der Waals surface area contributed by atoms with Crippen LogP contribution in [-0.4, -0.2) is 46.3 Å². The van der Waals surface area contributed by atoms with E-state index in [0.717, 1.165) is 38.4 Å². The van der Waals surface area contributed by atoms with Crippen LogP contribution in [0.2, 0.25) is 0 Å². The Morgan fingerprint density at radius 3 is 2.45 bits per heavy atom. The summed E-state index contributed by atoms with van der Waals surface area (Å²) in [5.74, 6) is 1.44. The molecule has 1 saturated carbocycles. The summed E-state index contributed by atoms with van der Waals surface area (Å²) >= 11 is 0. The maximum absolute atomic E-state index is 12.5. The number of aryl methyl sites for hydroxylation is 1. The lowest BCUT2D eigenvalue weighted by atomic mass is 9.76. The van der Waals surface area contributed by atoms with Crippen molar-refractivity contribution in [2.45, 2.75) is 56.9 Å². The van der Waals surface area contributed by atoms with Gasteiger partial charge in [-0.1, -0.05) is 49.6 Å². The zero-order valence-electron chi connectivity index (χ0n) is 17.6. The molecule has 29 heavy (non-hydrogen) atoms. The molecule has 5 heteroatoms. The fourth-order valence-electron chi connectivity index (χ4n) is 5.16. The molecule has 1 atom stereocenters. The average molecular weight is 395 g/mol. The fraction of sp³-hybridized carbons (Fsp3) is 0.583. The van der Waals surface area contributed by atoms with E-state index in [-0.39, 0.29) is 11.9 Å². The van der Waals surface area contributed by atoms with Crippen LogP contribution >= 0.6 is 0 Å². The second-order valence-corrected chi connectivity index (χ2v) is 8.80. The SMILES string of the molecule is Cn1nccc1C(=O)NC1CCN(C[C@@H](c2ccccc2)C2CCCCC2)CC1. The monoisotopic (exact) mass is 394 g/mol. The van der Waals surface area contributed by atoms with E-state index in [0.29, 0.717) is 11.6 Å². The number of piperidine rings is 1. The molecule has 2 fully saturated rings. The number of hydrogen-bond donors (Lipinski definition) is 1. The second kappa shape index (κ2) is 9.57. The molecule has 1 aliphatic carbocycles. The highest BCUT2D eigenvalue weighted by molar-refractivity contribution is 5.92. The number of amides is 1. The Balaban J connectivity index is 1.33. The quantitative estimate of drug-likeness (QED) is 0.806. The number of aromatic nitrogens is 2. The molecular formula is C24H34N4O. The molecule has 1 aliphatic heterocycles. The van der Waals surface area contributed by atoms with E-state index in [9.17, 15) is 4.79 Å². The maximum atomic E-state index is 12.5. The number of likely N-dealkylation sites (tertiary alicyclic amines) is 1. The highest BCUT2D eigenvalue weighted by atomic mass is 16.2. The van der Waals surface area contributed by atoms with Crippen molar-refractivity contribution in [3.63, 3.8) is 0 Å². The third-order valence-corrected chi connectivity index (χ3v) is 6.88. The molecule has 5 nitrogen and oxygen atoms in total. The van der Waals surface area contributed by atoms with Gasteiger partial charge >= 0.3 is 0 Å². The molecule has 0 radical (unpaired) electrons. The largest absolute Gasteiger partial charge is 0.348 e. The van der Waals surface area contributed by atoms with Crippen molar-refractivity contribution >= 4 is 5.91 Å². The van der Waals surface area contributed by atoms with Crippen LogP contribution in [0.4, 0.5) is 0 Å². The number of benzene rings is 1. The van der Waals surface area contributed by atoms with Gasteiger partial charge in [0.2, 0.25) is 0 Å². The minimum Gasteiger partial charge on any atom is -0.348 e. The summed E-state index contributed by atoms with van der Waals surface area (Å²) in [5, 5.41) is 7.30. The third kappa shape index (κ3) is 5.08. The van der Waals surface area contributed by atoms with Gasteiger partial charge in [-0.15, -0.1) is 0 Å². The van der Waals surface area contributed by atoms with Crippen molar-refractivity contribution in [3.05, 3.63) is 53.9 Å². The molecular weight excluding hydrogens is 360 g/mol. The molecule has 0 bridgehead atoms. The zero-order valence-corrected chi connectivity index (χ0v) is 17.6. The lowest BCUT2D eigenvalue weighted by molar-refractivity contribution is 0.0895. The van der Waals surface area contributed by atoms with Crippen LogP contribution in [0.1, 0.15) is 66.9 Å². The molecule has 1 N–H and O–H groups in total. The van der Waals surface area contributed by atoms with E-state index < -0.39 is 0 Å². The Labute approximate surface area is 174 Å². The minimum absolute atomic E-state index is 0.00665. The van der Waals surface area contributed by atoms with Gasteiger partial charge in [0.25, 0.3) is 5.91 Å². The van der Waals surface area contributed by atoms with Crippen molar-refractivity contribution in [3.8, 4) is 0 Å². The molecule has 2 aromatic rings. The Bertz CT molecular complexity index is 773. The molecule has 1 aromatic heterocycles. The predicted octanol–water partition coefficient (Wildman–Crippen LogP) is 3.98. The van der Waals surface area contributed by atoms with Crippen LogP contribution in [0, 0.1) is 5.92 Å². The maximum Gasteiger partial charge on any atom is 0.269 e. The first kappa shape index (κ1) is 20.1. The highest BCUT2D eigenvalue weighted by Crippen LogP contribution is 2.37. The first-order valence-corrected chi connectivity index (χ1v) is 11.3. The van der Waals surface area contributed by atoms with E-state index in [1.807, 2.05) is 7.05 Å². The molecule has 0 spiro atoms. The van der Waals surface area contributed by atoms with E-state index in [1.165, 1.54) is 37.7 Å². The van der Waals surface area contributed by atoms with Crippen molar-refractivity contribution in [2.75, 3.05) is 19.6 Å². The smallest absolute Gasteiger partial charge is 0.269 e. The first-order chi connectivity index (χ1) is 14.2. The average Bonchev–Trinajstić information content (AvgIpc) is 3.20. The van der Waals surface area contributed by atoms with Crippen LogP contribution < -0.4 is 5.32 Å². The van der Waals surface area contributed by atoms with Gasteiger partial charge in [0.1, 0.15) is 5.69 Å². The van der Waals surface area contributed by atoms with E-state index >= 15 is 0 Å². The Hall–Kier alpha value is -2.14. The number of carbonyl (C=O) groups excluding carboxylic acids is 1. The summed E-state index contributed by atoms with van der Waals surface area (Å²) in [6.07, 6.45) is 10.6. The van der Waals surface area contributed by atoms with Crippen LogP contribution in [0.5, 0.6) is 0 Å². The van der Waals surface area contributed by atoms with Gasteiger partial charge in [-0.3, -0.25) is 9.48 Å². The molecule has 1 aromatic carbocycles. The standard InChI is InChI=1S/C24H34N4O/c1-27-23(12-15-25-27)24(29)26-21-13-16-28(17-14-21)18-22(19-8-4-2-5-9-19)20-10-6-3-7-11-20/h2,4-5,8-9,12,15,20-22H,3,6-7,10-11,13-14,16-18H2,1H3,(H,26,29)/t22-/m0/s1. The van der Waals surface area contributed by atoms with Crippen molar-refractivity contribution < 1.29 is 4.79 Å². The first-order valence-electron chi connectivity index (χ1n) is 11.3. The van der Waals surface area contributed by atoms with Crippen molar-refractivity contribution in [1.82, 2.24) is 20.0 Å². The van der Waals surface area contributed by atoms with Crippen LogP contribution in [0.15, 0.2) is 42.6 Å². The molecule has 1 amide bonds. The second-order valence-electron chi connectivity index (χ2n) is 8.80. The summed E-state index contributed by atoms with van der Waals surface area (Å²) in [6.45, 7) is 3.27. The zero-order chi connectivity index (χ0) is 20.1. The van der Waals surface area contributed by atoms with Crippen molar-refractivity contribution in [2.24, 2.45) is 13.0 Å². The van der Waals surface area contributed by atoms with Gasteiger partial charge in [0.15, 0.2) is 0 Å². The number of rotatable bonds is 6. The fourth-order valence-corrected chi connectivity index (χ4v) is 5.16. The third-order valence-electron chi connectivity index (χ3n) is 6.88. The number of nitrogens with zero attached hydrogens (tertiary/aromatic N) is 3. The summed E-state index contributed by atoms with van der Waals surface area (Å²) in [4.78, 5) is 15.1. The normalized spacial score (nSPS) is 20.4. The van der Waals surface area contributed by atoms with Crippen molar-refractivity contribution in [1.29, 1.82) is 0 Å². The topological polar surface area (TPSA) is 50.2 Å². The Kier molecular flexibility index (Phi) is 6.65. The number of nitrogens with one attached hydrogen (secondary N) is 1. The van der Waals surface area contributed by atoms with Gasteiger partial charge in [-0.25, -0.2) is 0 Å². The summed E-state index contributed by atoms with van der Waals surface area (Å²) in [6, 6.07) is 13.2. The van der Waals surface area contributed by atoms with Gasteiger partial charge in [-0.05, 0) is 49.1 Å².